The van der Waals surface area contributed by atoms with Crippen LogP contribution in [-0.2, 0) is 11.8 Å². The summed E-state index contributed by atoms with van der Waals surface area (Å²) in [7, 11) is 1.52. The minimum absolute atomic E-state index is 0.0865. The van der Waals surface area contributed by atoms with Gasteiger partial charge in [-0.25, -0.2) is 9.48 Å². The van der Waals surface area contributed by atoms with Gasteiger partial charge in [-0.2, -0.15) is 5.10 Å². The molecule has 0 atom stereocenters. The first kappa shape index (κ1) is 12.4. The van der Waals surface area contributed by atoms with Gasteiger partial charge in [-0.3, -0.25) is 4.79 Å². The van der Waals surface area contributed by atoms with Gasteiger partial charge in [0.2, 0.25) is 0 Å². The van der Waals surface area contributed by atoms with E-state index in [4.69, 9.17) is 4.74 Å². The lowest BCUT2D eigenvalue weighted by Gasteiger charge is -2.08. The first-order valence-corrected chi connectivity index (χ1v) is 5.20. The number of carbonyl (C=O) groups is 1. The van der Waals surface area contributed by atoms with E-state index < -0.39 is 11.5 Å². The maximum Gasteiger partial charge on any atom is 0.344 e. The van der Waals surface area contributed by atoms with E-state index >= 15 is 0 Å². The van der Waals surface area contributed by atoms with E-state index in [1.54, 1.807) is 13.8 Å². The molecule has 5 nitrogen and oxygen atoms in total. The highest BCUT2D eigenvalue weighted by Crippen LogP contribution is 2.07. The summed E-state index contributed by atoms with van der Waals surface area (Å²) in [4.78, 5) is 23.4. The second-order valence-corrected chi connectivity index (χ2v) is 3.65. The van der Waals surface area contributed by atoms with Gasteiger partial charge in [-0.15, -0.1) is 0 Å². The predicted molar refractivity (Wildman–Crippen MR) is 59.5 cm³/mol. The molecule has 5 heteroatoms. The van der Waals surface area contributed by atoms with Crippen LogP contribution in [0.5, 0.6) is 0 Å². The molecule has 1 heterocycles. The lowest BCUT2D eigenvalue weighted by Crippen LogP contribution is -2.29. The minimum Gasteiger partial charge on any atom is -0.462 e. The van der Waals surface area contributed by atoms with Crippen LogP contribution in [0, 0.1) is 13.8 Å². The fourth-order valence-corrected chi connectivity index (χ4v) is 1.36. The summed E-state index contributed by atoms with van der Waals surface area (Å²) in [6, 6.07) is 0. The fourth-order valence-electron chi connectivity index (χ4n) is 1.36. The lowest BCUT2D eigenvalue weighted by atomic mass is 10.1. The Bertz CT molecular complexity index is 463. The molecule has 0 aromatic carbocycles. The first-order chi connectivity index (χ1) is 7.49. The predicted octanol–water partition coefficient (Wildman–Crippen LogP) is 0.964. The molecule has 0 spiro atoms. The third kappa shape index (κ3) is 2.29. The average Bonchev–Trinajstić information content (AvgIpc) is 2.24. The quantitative estimate of drug-likeness (QED) is 0.717. The third-order valence-electron chi connectivity index (χ3n) is 2.37. The Morgan fingerprint density at radius 2 is 2.06 bits per heavy atom. The molecular weight excluding hydrogens is 208 g/mol. The van der Waals surface area contributed by atoms with Gasteiger partial charge in [-0.05, 0) is 25.8 Å². The highest BCUT2D eigenvalue weighted by molar-refractivity contribution is 5.90. The third-order valence-corrected chi connectivity index (χ3v) is 2.37. The van der Waals surface area contributed by atoms with Gasteiger partial charge in [0.25, 0.3) is 5.56 Å². The van der Waals surface area contributed by atoms with Crippen LogP contribution >= 0.6 is 0 Å². The molecule has 0 aliphatic carbocycles. The number of aryl methyl sites for hydroxylation is 2. The average molecular weight is 224 g/mol. The molecule has 0 N–H and O–H groups in total. The van der Waals surface area contributed by atoms with Crippen LogP contribution in [0.1, 0.15) is 35.0 Å². The molecular formula is C11H16N2O3. The van der Waals surface area contributed by atoms with Gasteiger partial charge in [0, 0.05) is 7.05 Å². The Morgan fingerprint density at radius 3 is 2.62 bits per heavy atom. The van der Waals surface area contributed by atoms with Crippen molar-refractivity contribution in [3.05, 3.63) is 27.2 Å². The molecule has 0 aliphatic rings. The standard InChI is InChI=1S/C11H16N2O3/c1-5-6-16-11(15)9-7(2)8(3)12-13(4)10(9)14/h5-6H2,1-4H3. The van der Waals surface area contributed by atoms with Crippen molar-refractivity contribution in [1.29, 1.82) is 0 Å². The van der Waals surface area contributed by atoms with Gasteiger partial charge < -0.3 is 4.74 Å². The first-order valence-electron chi connectivity index (χ1n) is 5.20. The van der Waals surface area contributed by atoms with E-state index in [0.29, 0.717) is 17.9 Å². The Labute approximate surface area is 94.0 Å². The van der Waals surface area contributed by atoms with E-state index in [1.165, 1.54) is 7.05 Å². The second kappa shape index (κ2) is 4.92. The highest BCUT2D eigenvalue weighted by Gasteiger charge is 2.18. The molecule has 0 unspecified atom stereocenters. The van der Waals surface area contributed by atoms with Crippen molar-refractivity contribution in [2.24, 2.45) is 7.05 Å². The van der Waals surface area contributed by atoms with E-state index in [1.807, 2.05) is 6.92 Å². The molecule has 0 saturated heterocycles. The summed E-state index contributed by atoms with van der Waals surface area (Å²) >= 11 is 0. The zero-order valence-corrected chi connectivity index (χ0v) is 10.0. The van der Waals surface area contributed by atoms with Crippen LogP contribution in [0.3, 0.4) is 0 Å². The Balaban J connectivity index is 3.22. The van der Waals surface area contributed by atoms with Crippen LogP contribution in [-0.4, -0.2) is 22.4 Å². The largest absolute Gasteiger partial charge is 0.462 e. The summed E-state index contributed by atoms with van der Waals surface area (Å²) in [5.74, 6) is -0.564. The fraction of sp³-hybridized carbons (Fsp3) is 0.545. The molecule has 1 aromatic rings. The number of carbonyl (C=O) groups excluding carboxylic acids is 1. The van der Waals surface area contributed by atoms with Crippen molar-refractivity contribution in [1.82, 2.24) is 9.78 Å². The molecule has 0 fully saturated rings. The summed E-state index contributed by atoms with van der Waals surface area (Å²) in [6.07, 6.45) is 0.731. The van der Waals surface area contributed by atoms with E-state index in [2.05, 4.69) is 5.10 Å². The van der Waals surface area contributed by atoms with Crippen LogP contribution in [0.2, 0.25) is 0 Å². The van der Waals surface area contributed by atoms with Crippen LogP contribution in [0.25, 0.3) is 0 Å². The zero-order valence-electron chi connectivity index (χ0n) is 10.0. The number of rotatable bonds is 3. The van der Waals surface area contributed by atoms with Crippen LogP contribution in [0.15, 0.2) is 4.79 Å². The van der Waals surface area contributed by atoms with Crippen molar-refractivity contribution in [3.8, 4) is 0 Å². The van der Waals surface area contributed by atoms with E-state index in [0.717, 1.165) is 11.1 Å². The monoisotopic (exact) mass is 224 g/mol. The van der Waals surface area contributed by atoms with Crippen molar-refractivity contribution < 1.29 is 9.53 Å². The molecule has 88 valence electrons. The summed E-state index contributed by atoms with van der Waals surface area (Å²) in [5.41, 5.74) is 0.919. The molecule has 0 bridgehead atoms. The SMILES string of the molecule is CCCOC(=O)c1c(C)c(C)nn(C)c1=O. The zero-order chi connectivity index (χ0) is 12.3. The lowest BCUT2D eigenvalue weighted by molar-refractivity contribution is 0.0500. The highest BCUT2D eigenvalue weighted by atomic mass is 16.5. The normalized spacial score (nSPS) is 10.2. The van der Waals surface area contributed by atoms with Gasteiger partial charge >= 0.3 is 5.97 Å². The van der Waals surface area contributed by atoms with Crippen LogP contribution in [0.4, 0.5) is 0 Å². The minimum atomic E-state index is -0.564. The molecule has 0 saturated carbocycles. The topological polar surface area (TPSA) is 61.2 Å². The summed E-state index contributed by atoms with van der Waals surface area (Å²) in [6.45, 7) is 5.68. The van der Waals surface area contributed by atoms with Gasteiger partial charge in [-0.1, -0.05) is 6.92 Å². The number of ether oxygens (including phenoxy) is 1. The van der Waals surface area contributed by atoms with Gasteiger partial charge in [0.15, 0.2) is 0 Å². The van der Waals surface area contributed by atoms with E-state index in [-0.39, 0.29) is 5.56 Å². The number of esters is 1. The summed E-state index contributed by atoms with van der Waals surface area (Å²) < 4.78 is 6.13. The van der Waals surface area contributed by atoms with Crippen molar-refractivity contribution in [2.75, 3.05) is 6.61 Å². The Hall–Kier alpha value is -1.65. The molecule has 1 rings (SSSR count). The second-order valence-electron chi connectivity index (χ2n) is 3.65. The smallest absolute Gasteiger partial charge is 0.344 e. The molecule has 1 aromatic heterocycles. The van der Waals surface area contributed by atoms with Crippen molar-refractivity contribution in [2.45, 2.75) is 27.2 Å². The molecule has 0 amide bonds. The number of aromatic nitrogens is 2. The van der Waals surface area contributed by atoms with Gasteiger partial charge in [0.1, 0.15) is 5.56 Å². The Morgan fingerprint density at radius 1 is 1.44 bits per heavy atom. The number of hydrogen-bond donors (Lipinski definition) is 0. The van der Waals surface area contributed by atoms with Crippen molar-refractivity contribution in [3.63, 3.8) is 0 Å². The molecule has 0 radical (unpaired) electrons. The maximum absolute atomic E-state index is 11.7. The molecule has 0 aliphatic heterocycles. The number of nitrogens with zero attached hydrogens (tertiary/aromatic N) is 2. The van der Waals surface area contributed by atoms with Crippen LogP contribution < -0.4 is 5.56 Å². The van der Waals surface area contributed by atoms with Crippen molar-refractivity contribution >= 4 is 5.97 Å². The maximum atomic E-state index is 11.7. The number of hydrogen-bond acceptors (Lipinski definition) is 4. The Kier molecular flexibility index (Phi) is 3.82. The van der Waals surface area contributed by atoms with E-state index in [9.17, 15) is 9.59 Å². The molecule has 16 heavy (non-hydrogen) atoms. The summed E-state index contributed by atoms with van der Waals surface area (Å²) in [5, 5.41) is 3.99. The van der Waals surface area contributed by atoms with Gasteiger partial charge in [0.05, 0.1) is 12.3 Å².